The first-order chi connectivity index (χ1) is 1.73. The van der Waals surface area contributed by atoms with Gasteiger partial charge in [-0.3, -0.25) is 9.13 Å². The number of hydrogen-bond donors (Lipinski definition) is 0. The van der Waals surface area contributed by atoms with Crippen LogP contribution in [0.25, 0.3) is 0 Å². The molecular weight excluding hydrogens is 111 g/mol. The van der Waals surface area contributed by atoms with Crippen LogP contribution in [0.2, 0.25) is 0 Å². The molecule has 0 bridgehead atoms. The molecule has 4 N–H and O–H groups in total. The standard InChI is InChI=1S/HO3P.2H2O/c1-4(2)3;;/h(H,1,2,3);2*1H2/p-1. The minimum atomic E-state index is -3.37. The molecule has 0 aliphatic carbocycles. The van der Waals surface area contributed by atoms with E-state index in [-0.39, 0.29) is 11.0 Å². The van der Waals surface area contributed by atoms with Crippen LogP contribution in [0.5, 0.6) is 0 Å². The molecule has 0 aliphatic rings. The molecule has 0 saturated carbocycles. The molecule has 0 aromatic heterocycles. The second-order valence-corrected chi connectivity index (χ2v) is 0.671. The Morgan fingerprint density at radius 1 is 1.17 bits per heavy atom. The average molecular weight is 115 g/mol. The van der Waals surface area contributed by atoms with Crippen molar-refractivity contribution in [2.45, 2.75) is 0 Å². The van der Waals surface area contributed by atoms with Gasteiger partial charge in [0.25, 0.3) is 0 Å². The summed E-state index contributed by atoms with van der Waals surface area (Å²) >= 11 is 0. The van der Waals surface area contributed by atoms with Gasteiger partial charge in [-0.25, -0.2) is 0 Å². The Balaban J connectivity index is -0.0000000450. The molecule has 0 fully saturated rings. The molecule has 0 amide bonds. The normalized spacial score (nSPS) is 4.17. The molecule has 40 valence electrons. The second-order valence-electron chi connectivity index (χ2n) is 0.224. The highest BCUT2D eigenvalue weighted by atomic mass is 31.1. The summed E-state index contributed by atoms with van der Waals surface area (Å²) in [5.74, 6) is 0. The van der Waals surface area contributed by atoms with Gasteiger partial charge in [-0.2, -0.15) is 0 Å². The predicted octanol–water partition coefficient (Wildman–Crippen LogP) is -2.21. The monoisotopic (exact) mass is 115 g/mol. The molecule has 0 heterocycles. The summed E-state index contributed by atoms with van der Waals surface area (Å²) < 4.78 is 17.0. The van der Waals surface area contributed by atoms with Crippen molar-refractivity contribution < 1.29 is 25.0 Å². The minimum Gasteiger partial charge on any atom is -0.744 e. The summed E-state index contributed by atoms with van der Waals surface area (Å²) in [6.07, 6.45) is 0. The fraction of sp³-hybridized carbons (Fsp3) is 0. The highest BCUT2D eigenvalue weighted by Gasteiger charge is 1.35. The van der Waals surface area contributed by atoms with Crippen LogP contribution < -0.4 is 4.89 Å². The van der Waals surface area contributed by atoms with E-state index in [9.17, 15) is 0 Å². The summed E-state index contributed by atoms with van der Waals surface area (Å²) in [6, 6.07) is 0. The van der Waals surface area contributed by atoms with Crippen LogP contribution in [0, 0.1) is 0 Å². The zero-order valence-electron chi connectivity index (χ0n) is 2.67. The zero-order chi connectivity index (χ0) is 3.58. The zero-order valence-corrected chi connectivity index (χ0v) is 3.57. The topological polar surface area (TPSA) is 120 Å². The largest absolute Gasteiger partial charge is 0.744 e. The molecule has 0 rings (SSSR count). The number of rotatable bonds is 0. The molecule has 0 atom stereocenters. The van der Waals surface area contributed by atoms with Gasteiger partial charge in [0.15, 0.2) is 0 Å². The van der Waals surface area contributed by atoms with Crippen LogP contribution in [0.1, 0.15) is 0 Å². The molecule has 6 heteroatoms. The maximum Gasteiger partial charge on any atom is 0.250 e. The molecule has 0 unspecified atom stereocenters. The molecule has 0 radical (unpaired) electrons. The lowest BCUT2D eigenvalue weighted by Crippen LogP contribution is -1.70. The van der Waals surface area contributed by atoms with E-state index in [2.05, 4.69) is 0 Å². The van der Waals surface area contributed by atoms with Crippen molar-refractivity contribution in [1.82, 2.24) is 0 Å². The lowest BCUT2D eigenvalue weighted by molar-refractivity contribution is -0.168. The Morgan fingerprint density at radius 2 is 1.17 bits per heavy atom. The van der Waals surface area contributed by atoms with Gasteiger partial charge in [0.05, 0.1) is 0 Å². The van der Waals surface area contributed by atoms with E-state index in [1.807, 2.05) is 0 Å². The van der Waals surface area contributed by atoms with Gasteiger partial charge >= 0.3 is 0 Å². The van der Waals surface area contributed by atoms with E-state index in [0.29, 0.717) is 0 Å². The average Bonchev–Trinajstić information content (AvgIpc) is 0.811. The third-order valence-electron chi connectivity index (χ3n) is 0. The van der Waals surface area contributed by atoms with Crippen molar-refractivity contribution >= 4 is 7.91 Å². The lowest BCUT2D eigenvalue weighted by atomic mass is 15.9. The van der Waals surface area contributed by atoms with E-state index < -0.39 is 7.91 Å². The first-order valence-corrected chi connectivity index (χ1v) is 1.64. The van der Waals surface area contributed by atoms with Crippen molar-refractivity contribution in [1.29, 1.82) is 0 Å². The van der Waals surface area contributed by atoms with Crippen LogP contribution >= 0.6 is 7.91 Å². The van der Waals surface area contributed by atoms with E-state index in [1.165, 1.54) is 0 Å². The Labute approximate surface area is 34.1 Å². The summed E-state index contributed by atoms with van der Waals surface area (Å²) in [4.78, 5) is 8.48. The van der Waals surface area contributed by atoms with Gasteiger partial charge in [-0.05, 0) is 0 Å². The summed E-state index contributed by atoms with van der Waals surface area (Å²) in [5, 5.41) is 0. The third-order valence-corrected chi connectivity index (χ3v) is 0. The maximum absolute atomic E-state index is 8.48. The Morgan fingerprint density at radius 3 is 1.17 bits per heavy atom. The lowest BCUT2D eigenvalue weighted by Gasteiger charge is -1.62. The predicted molar refractivity (Wildman–Crippen MR) is 15.5 cm³/mol. The third kappa shape index (κ3) is 604. The van der Waals surface area contributed by atoms with Crippen molar-refractivity contribution in [3.05, 3.63) is 0 Å². The van der Waals surface area contributed by atoms with Gasteiger partial charge in [-0.15, -0.1) is 0 Å². The highest BCUT2D eigenvalue weighted by Crippen LogP contribution is 1.74. The molecule has 5 nitrogen and oxygen atoms in total. The Bertz CT molecular complexity index is 52.3. The van der Waals surface area contributed by atoms with Crippen LogP contribution in [0.15, 0.2) is 0 Å². The van der Waals surface area contributed by atoms with Crippen LogP contribution in [0.4, 0.5) is 0 Å². The van der Waals surface area contributed by atoms with Gasteiger partial charge in [0, 0.05) is 0 Å². The summed E-state index contributed by atoms with van der Waals surface area (Å²) in [6.45, 7) is 0. The van der Waals surface area contributed by atoms with E-state index >= 15 is 0 Å². The molecule has 0 spiro atoms. The molecule has 6 heavy (non-hydrogen) atoms. The smallest absolute Gasteiger partial charge is 0.250 e. The van der Waals surface area contributed by atoms with Crippen molar-refractivity contribution in [2.75, 3.05) is 0 Å². The summed E-state index contributed by atoms with van der Waals surface area (Å²) in [7, 11) is -3.37. The minimum absolute atomic E-state index is 0. The Hall–Kier alpha value is -0.220. The maximum atomic E-state index is 8.48. The van der Waals surface area contributed by atoms with Crippen LogP contribution in [0.3, 0.4) is 0 Å². The number of hydrogen-bond acceptors (Lipinski definition) is 3. The molecular formula is H4O5P-. The first kappa shape index (κ1) is 17.1. The molecule has 0 aliphatic heterocycles. The van der Waals surface area contributed by atoms with Crippen molar-refractivity contribution in [3.63, 3.8) is 0 Å². The van der Waals surface area contributed by atoms with E-state index in [4.69, 9.17) is 14.0 Å². The SMILES string of the molecule is O.O.O=P(=O)[O-]. The fourth-order valence-corrected chi connectivity index (χ4v) is 0. The first-order valence-electron chi connectivity index (χ1n) is 0.548. The van der Waals surface area contributed by atoms with Gasteiger partial charge < -0.3 is 15.8 Å². The van der Waals surface area contributed by atoms with Crippen molar-refractivity contribution in [2.24, 2.45) is 0 Å². The quantitative estimate of drug-likeness (QED) is 0.332. The summed E-state index contributed by atoms with van der Waals surface area (Å²) in [5.41, 5.74) is 0. The molecule has 0 aromatic carbocycles. The van der Waals surface area contributed by atoms with Gasteiger partial charge in [-0.1, -0.05) is 0 Å². The highest BCUT2D eigenvalue weighted by molar-refractivity contribution is 7.21. The second kappa shape index (κ2) is 8.84. The molecule has 0 aromatic rings. The van der Waals surface area contributed by atoms with E-state index in [1.54, 1.807) is 0 Å². The molecule has 0 saturated heterocycles. The van der Waals surface area contributed by atoms with Crippen LogP contribution in [-0.4, -0.2) is 11.0 Å². The van der Waals surface area contributed by atoms with Crippen LogP contribution in [-0.2, 0) is 9.13 Å². The van der Waals surface area contributed by atoms with E-state index in [0.717, 1.165) is 0 Å². The van der Waals surface area contributed by atoms with Gasteiger partial charge in [0.1, 0.15) is 0 Å². The fourth-order valence-electron chi connectivity index (χ4n) is 0. The van der Waals surface area contributed by atoms with Gasteiger partial charge in [0.2, 0.25) is 7.91 Å². The van der Waals surface area contributed by atoms with Crippen molar-refractivity contribution in [3.8, 4) is 0 Å². The Kier molecular flexibility index (Phi) is 25.2.